The Morgan fingerprint density at radius 2 is 2.03 bits per heavy atom. The van der Waals surface area contributed by atoms with Crippen molar-refractivity contribution in [3.05, 3.63) is 52.6 Å². The maximum atomic E-state index is 12.4. The number of ether oxygens (including phenoxy) is 1. The predicted molar refractivity (Wildman–Crippen MR) is 108 cm³/mol. The second-order valence-electron chi connectivity index (χ2n) is 8.05. The third-order valence-corrected chi connectivity index (χ3v) is 5.38. The molecule has 3 aromatic rings. The molecule has 1 aliphatic heterocycles. The Bertz CT molecular complexity index is 1040. The number of hydrogen-bond acceptors (Lipinski definition) is 6. The fourth-order valence-electron chi connectivity index (χ4n) is 3.61. The molecule has 2 N–H and O–H groups in total. The van der Waals surface area contributed by atoms with Crippen LogP contribution in [0.5, 0.6) is 0 Å². The molecular formula is C22H26N2O5. The first-order chi connectivity index (χ1) is 13.9. The van der Waals surface area contributed by atoms with Crippen molar-refractivity contribution in [3.8, 4) is 11.3 Å². The largest absolute Gasteiger partial charge is 0.437 e. The molecule has 0 spiro atoms. The maximum absolute atomic E-state index is 12.4. The summed E-state index contributed by atoms with van der Waals surface area (Å²) in [5.74, 6) is 1.31. The van der Waals surface area contributed by atoms with E-state index >= 15 is 0 Å². The summed E-state index contributed by atoms with van der Waals surface area (Å²) in [4.78, 5) is 16.4. The lowest BCUT2D eigenvalue weighted by Crippen LogP contribution is -2.27. The van der Waals surface area contributed by atoms with Gasteiger partial charge >= 0.3 is 5.69 Å². The highest BCUT2D eigenvalue weighted by molar-refractivity contribution is 5.79. The van der Waals surface area contributed by atoms with Gasteiger partial charge in [-0.1, -0.05) is 38.1 Å². The van der Waals surface area contributed by atoms with E-state index in [0.717, 1.165) is 18.4 Å². The molecule has 1 aromatic carbocycles. The van der Waals surface area contributed by atoms with Crippen LogP contribution >= 0.6 is 0 Å². The van der Waals surface area contributed by atoms with Gasteiger partial charge in [-0.15, -0.1) is 0 Å². The number of aliphatic hydroxyl groups is 2. The molecule has 154 valence electrons. The van der Waals surface area contributed by atoms with E-state index in [4.69, 9.17) is 9.15 Å². The number of aliphatic hydroxyl groups excluding tert-OH is 2. The van der Waals surface area contributed by atoms with Gasteiger partial charge in [0, 0.05) is 18.2 Å². The zero-order valence-electron chi connectivity index (χ0n) is 16.6. The Morgan fingerprint density at radius 3 is 2.69 bits per heavy atom. The van der Waals surface area contributed by atoms with E-state index in [0.29, 0.717) is 17.1 Å². The Balaban J connectivity index is 1.59. The lowest BCUT2D eigenvalue weighted by Gasteiger charge is -2.13. The smallest absolute Gasteiger partial charge is 0.353 e. The minimum atomic E-state index is -0.818. The molecule has 1 fully saturated rings. The van der Waals surface area contributed by atoms with E-state index in [1.807, 2.05) is 18.2 Å². The molecular weight excluding hydrogens is 372 g/mol. The van der Waals surface area contributed by atoms with Crippen LogP contribution in [0.4, 0.5) is 0 Å². The number of benzene rings is 1. The van der Waals surface area contributed by atoms with Crippen molar-refractivity contribution in [1.29, 1.82) is 0 Å². The van der Waals surface area contributed by atoms with Crippen LogP contribution < -0.4 is 5.69 Å². The molecule has 0 amide bonds. The molecule has 4 rings (SSSR count). The summed E-state index contributed by atoms with van der Waals surface area (Å²) in [6.45, 7) is 4.13. The monoisotopic (exact) mass is 398 g/mol. The van der Waals surface area contributed by atoms with E-state index in [2.05, 4.69) is 31.0 Å². The van der Waals surface area contributed by atoms with Crippen LogP contribution in [0, 0.1) is 5.92 Å². The van der Waals surface area contributed by atoms with Crippen molar-refractivity contribution in [2.75, 3.05) is 6.61 Å². The summed E-state index contributed by atoms with van der Waals surface area (Å²) in [6.07, 6.45) is 1.87. The Labute approximate surface area is 168 Å². The highest BCUT2D eigenvalue weighted by Gasteiger charge is 2.35. The van der Waals surface area contributed by atoms with Gasteiger partial charge in [-0.05, 0) is 30.4 Å². The van der Waals surface area contributed by atoms with E-state index in [1.165, 1.54) is 10.1 Å². The topological polar surface area (TPSA) is 97.7 Å². The Kier molecular flexibility index (Phi) is 5.54. The van der Waals surface area contributed by atoms with Crippen molar-refractivity contribution in [3.63, 3.8) is 0 Å². The SMILES string of the molecule is CC(C)CCc1ccc(-c2cc3cn(C4CC(O)C(CO)O4)c(=O)nc3o2)cc1. The quantitative estimate of drug-likeness (QED) is 0.663. The van der Waals surface area contributed by atoms with Crippen molar-refractivity contribution < 1.29 is 19.4 Å². The van der Waals surface area contributed by atoms with Crippen LogP contribution in [0.2, 0.25) is 0 Å². The van der Waals surface area contributed by atoms with Gasteiger partial charge in [0.05, 0.1) is 18.1 Å². The lowest BCUT2D eigenvalue weighted by molar-refractivity contribution is -0.0457. The number of nitrogens with zero attached hydrogens (tertiary/aromatic N) is 2. The summed E-state index contributed by atoms with van der Waals surface area (Å²) >= 11 is 0. The van der Waals surface area contributed by atoms with Gasteiger partial charge in [-0.25, -0.2) is 4.79 Å². The van der Waals surface area contributed by atoms with Gasteiger partial charge in [0.1, 0.15) is 18.1 Å². The first-order valence-electron chi connectivity index (χ1n) is 10.0. The van der Waals surface area contributed by atoms with Crippen LogP contribution in [0.25, 0.3) is 22.4 Å². The van der Waals surface area contributed by atoms with E-state index in [1.54, 1.807) is 6.20 Å². The molecule has 1 saturated heterocycles. The predicted octanol–water partition coefficient (Wildman–Crippen LogP) is 2.89. The molecule has 7 heteroatoms. The first kappa shape index (κ1) is 19.8. The van der Waals surface area contributed by atoms with Gasteiger partial charge < -0.3 is 19.4 Å². The second-order valence-corrected chi connectivity index (χ2v) is 8.05. The molecule has 0 bridgehead atoms. The van der Waals surface area contributed by atoms with Gasteiger partial charge in [0.25, 0.3) is 0 Å². The molecule has 0 saturated carbocycles. The summed E-state index contributed by atoms with van der Waals surface area (Å²) in [5, 5.41) is 19.9. The molecule has 0 radical (unpaired) electrons. The van der Waals surface area contributed by atoms with Crippen LogP contribution in [-0.2, 0) is 11.2 Å². The fraction of sp³-hybridized carbons (Fsp3) is 0.455. The summed E-state index contributed by atoms with van der Waals surface area (Å²) < 4.78 is 12.7. The van der Waals surface area contributed by atoms with Crippen molar-refractivity contribution in [2.45, 2.75) is 51.5 Å². The zero-order valence-corrected chi connectivity index (χ0v) is 16.6. The standard InChI is InChI=1S/C22H26N2O5/c1-13(2)3-4-14-5-7-15(8-6-14)18-9-16-11-24(22(27)23-21(16)29-18)20-10-17(26)19(12-25)28-20/h5-9,11,13,17,19-20,25-26H,3-4,10,12H2,1-2H3. The molecule has 1 aliphatic rings. The van der Waals surface area contributed by atoms with Crippen LogP contribution in [0.1, 0.15) is 38.5 Å². The van der Waals surface area contributed by atoms with Crippen molar-refractivity contribution in [1.82, 2.24) is 9.55 Å². The first-order valence-corrected chi connectivity index (χ1v) is 10.0. The van der Waals surface area contributed by atoms with Gasteiger partial charge in [0.2, 0.25) is 5.71 Å². The number of aryl methyl sites for hydroxylation is 1. The van der Waals surface area contributed by atoms with Gasteiger partial charge in [0.15, 0.2) is 0 Å². The highest BCUT2D eigenvalue weighted by atomic mass is 16.5. The molecule has 3 unspecified atom stereocenters. The van der Waals surface area contributed by atoms with Crippen molar-refractivity contribution >= 4 is 11.1 Å². The lowest BCUT2D eigenvalue weighted by atomic mass is 10.0. The average molecular weight is 398 g/mol. The summed E-state index contributed by atoms with van der Waals surface area (Å²) in [7, 11) is 0. The fourth-order valence-corrected chi connectivity index (χ4v) is 3.61. The number of rotatable bonds is 6. The molecule has 3 atom stereocenters. The summed E-state index contributed by atoms with van der Waals surface area (Å²) in [6, 6.07) is 10.1. The van der Waals surface area contributed by atoms with E-state index < -0.39 is 24.1 Å². The van der Waals surface area contributed by atoms with E-state index in [-0.39, 0.29) is 18.7 Å². The third kappa shape index (κ3) is 4.12. The van der Waals surface area contributed by atoms with Crippen molar-refractivity contribution in [2.24, 2.45) is 5.92 Å². The molecule has 7 nitrogen and oxygen atoms in total. The van der Waals surface area contributed by atoms with E-state index in [9.17, 15) is 15.0 Å². The number of furan rings is 1. The van der Waals surface area contributed by atoms with Crippen LogP contribution in [0.15, 0.2) is 45.7 Å². The maximum Gasteiger partial charge on any atom is 0.353 e. The molecule has 2 aromatic heterocycles. The minimum Gasteiger partial charge on any atom is -0.437 e. The van der Waals surface area contributed by atoms with Crippen LogP contribution in [-0.4, -0.2) is 38.6 Å². The van der Waals surface area contributed by atoms with Crippen LogP contribution in [0.3, 0.4) is 0 Å². The molecule has 29 heavy (non-hydrogen) atoms. The number of hydrogen-bond donors (Lipinski definition) is 2. The normalized spacial score (nSPS) is 22.0. The molecule has 3 heterocycles. The minimum absolute atomic E-state index is 0.223. The zero-order chi connectivity index (χ0) is 20.5. The van der Waals surface area contributed by atoms with Gasteiger partial charge in [-0.2, -0.15) is 4.98 Å². The Morgan fingerprint density at radius 1 is 1.28 bits per heavy atom. The highest BCUT2D eigenvalue weighted by Crippen LogP contribution is 2.30. The average Bonchev–Trinajstić information content (AvgIpc) is 3.28. The molecule has 0 aliphatic carbocycles. The summed E-state index contributed by atoms with van der Waals surface area (Å²) in [5.41, 5.74) is 1.95. The van der Waals surface area contributed by atoms with Gasteiger partial charge in [-0.3, -0.25) is 4.57 Å². The second kappa shape index (κ2) is 8.10. The number of aromatic nitrogens is 2. The third-order valence-electron chi connectivity index (χ3n) is 5.38. The number of fused-ring (bicyclic) bond motifs is 1. The Hall–Kier alpha value is -2.48.